The monoisotopic (exact) mass is 277 g/mol. The third kappa shape index (κ3) is 3.28. The fourth-order valence-electron chi connectivity index (χ4n) is 2.84. The van der Waals surface area contributed by atoms with Crippen molar-refractivity contribution < 1.29 is 4.79 Å². The van der Waals surface area contributed by atoms with Crippen LogP contribution in [0.1, 0.15) is 19.3 Å². The number of amides is 1. The van der Waals surface area contributed by atoms with Gasteiger partial charge >= 0.3 is 0 Å². The van der Waals surface area contributed by atoms with Gasteiger partial charge in [0.1, 0.15) is 0 Å². The van der Waals surface area contributed by atoms with Crippen LogP contribution in [0, 0.1) is 0 Å². The standard InChI is InChI=1S/C14H19N3OS/c18-14(10-19-13-3-6-15-7-4-13)17-8-5-11-1-2-12(9-17)16-11/h3-4,6-7,11-12,16H,1-2,5,8-10H2/t11-,12+/m1/s1. The third-order valence-corrected chi connectivity index (χ3v) is 4.88. The molecule has 2 aliphatic heterocycles. The molecule has 19 heavy (non-hydrogen) atoms. The molecule has 4 nitrogen and oxygen atoms in total. The second-order valence-electron chi connectivity index (χ2n) is 5.24. The van der Waals surface area contributed by atoms with Gasteiger partial charge in [-0.3, -0.25) is 9.78 Å². The Labute approximate surface area is 118 Å². The molecule has 2 bridgehead atoms. The highest BCUT2D eigenvalue weighted by atomic mass is 32.2. The minimum Gasteiger partial charge on any atom is -0.340 e. The van der Waals surface area contributed by atoms with Crippen molar-refractivity contribution in [3.63, 3.8) is 0 Å². The summed E-state index contributed by atoms with van der Waals surface area (Å²) in [5, 5.41) is 3.60. The number of carbonyl (C=O) groups is 1. The SMILES string of the molecule is O=C(CSc1ccncc1)N1CC[C@H]2CC[C@@H](C1)N2. The average Bonchev–Trinajstić information content (AvgIpc) is 2.77. The third-order valence-electron chi connectivity index (χ3n) is 3.89. The Bertz CT molecular complexity index is 440. The molecule has 0 unspecified atom stereocenters. The van der Waals surface area contributed by atoms with Gasteiger partial charge in [-0.05, 0) is 31.4 Å². The Morgan fingerprint density at radius 3 is 2.95 bits per heavy atom. The summed E-state index contributed by atoms with van der Waals surface area (Å²) in [6.07, 6.45) is 7.12. The van der Waals surface area contributed by atoms with E-state index in [2.05, 4.69) is 10.3 Å². The fourth-order valence-corrected chi connectivity index (χ4v) is 3.63. The number of carbonyl (C=O) groups excluding carboxylic acids is 1. The number of hydrogen-bond donors (Lipinski definition) is 1. The van der Waals surface area contributed by atoms with Crippen LogP contribution in [0.5, 0.6) is 0 Å². The van der Waals surface area contributed by atoms with Crippen LogP contribution in [0.15, 0.2) is 29.4 Å². The number of rotatable bonds is 3. The van der Waals surface area contributed by atoms with E-state index in [0.29, 0.717) is 17.8 Å². The van der Waals surface area contributed by atoms with E-state index in [0.717, 1.165) is 24.4 Å². The van der Waals surface area contributed by atoms with Gasteiger partial charge in [0.25, 0.3) is 0 Å². The van der Waals surface area contributed by atoms with Crippen molar-refractivity contribution in [2.75, 3.05) is 18.8 Å². The van der Waals surface area contributed by atoms with E-state index < -0.39 is 0 Å². The van der Waals surface area contributed by atoms with Gasteiger partial charge in [0.2, 0.25) is 5.91 Å². The van der Waals surface area contributed by atoms with Gasteiger partial charge in [-0.2, -0.15) is 0 Å². The second-order valence-corrected chi connectivity index (χ2v) is 6.29. The number of nitrogens with zero attached hydrogens (tertiary/aromatic N) is 2. The summed E-state index contributed by atoms with van der Waals surface area (Å²) >= 11 is 1.60. The molecule has 102 valence electrons. The number of thioether (sulfide) groups is 1. The van der Waals surface area contributed by atoms with Crippen molar-refractivity contribution in [1.29, 1.82) is 0 Å². The zero-order chi connectivity index (χ0) is 13.1. The van der Waals surface area contributed by atoms with Crippen LogP contribution < -0.4 is 5.32 Å². The highest BCUT2D eigenvalue weighted by molar-refractivity contribution is 8.00. The molecule has 1 aromatic heterocycles. The predicted molar refractivity (Wildman–Crippen MR) is 76.1 cm³/mol. The number of aromatic nitrogens is 1. The van der Waals surface area contributed by atoms with Crippen molar-refractivity contribution in [2.45, 2.75) is 36.2 Å². The summed E-state index contributed by atoms with van der Waals surface area (Å²) in [6, 6.07) is 5.05. The summed E-state index contributed by atoms with van der Waals surface area (Å²) in [5.41, 5.74) is 0. The largest absolute Gasteiger partial charge is 0.340 e. The highest BCUT2D eigenvalue weighted by Crippen LogP contribution is 2.22. The first-order valence-corrected chi connectivity index (χ1v) is 7.86. The molecule has 2 atom stereocenters. The van der Waals surface area contributed by atoms with Gasteiger partial charge < -0.3 is 10.2 Å². The molecule has 0 spiro atoms. The van der Waals surface area contributed by atoms with E-state index in [1.165, 1.54) is 12.8 Å². The molecule has 2 fully saturated rings. The molecule has 2 aliphatic rings. The zero-order valence-electron chi connectivity index (χ0n) is 10.9. The molecule has 0 saturated carbocycles. The maximum Gasteiger partial charge on any atom is 0.232 e. The summed E-state index contributed by atoms with van der Waals surface area (Å²) < 4.78 is 0. The molecule has 5 heteroatoms. The first-order valence-electron chi connectivity index (χ1n) is 6.88. The van der Waals surface area contributed by atoms with Crippen LogP contribution in [0.4, 0.5) is 0 Å². The van der Waals surface area contributed by atoms with E-state index in [9.17, 15) is 4.79 Å². The van der Waals surface area contributed by atoms with Gasteiger partial charge in [-0.25, -0.2) is 0 Å². The Kier molecular flexibility index (Phi) is 4.03. The molecule has 0 aromatic carbocycles. The number of nitrogens with one attached hydrogen (secondary N) is 1. The van der Waals surface area contributed by atoms with Crippen molar-refractivity contribution in [2.24, 2.45) is 0 Å². The quantitative estimate of drug-likeness (QED) is 0.851. The minimum atomic E-state index is 0.260. The van der Waals surface area contributed by atoms with Crippen LogP contribution in [-0.2, 0) is 4.79 Å². The lowest BCUT2D eigenvalue weighted by Crippen LogP contribution is -2.39. The number of likely N-dealkylation sites (tertiary alicyclic amines) is 1. The van der Waals surface area contributed by atoms with E-state index >= 15 is 0 Å². The first kappa shape index (κ1) is 12.9. The topological polar surface area (TPSA) is 45.2 Å². The average molecular weight is 277 g/mol. The predicted octanol–water partition coefficient (Wildman–Crippen LogP) is 1.53. The van der Waals surface area contributed by atoms with Crippen LogP contribution in [0.25, 0.3) is 0 Å². The molecule has 2 saturated heterocycles. The maximum atomic E-state index is 12.3. The molecule has 1 N–H and O–H groups in total. The summed E-state index contributed by atoms with van der Waals surface area (Å²) in [4.78, 5) is 19.4. The number of fused-ring (bicyclic) bond motifs is 2. The molecule has 0 radical (unpaired) electrons. The van der Waals surface area contributed by atoms with Gasteiger partial charge in [-0.15, -0.1) is 11.8 Å². The Morgan fingerprint density at radius 2 is 2.11 bits per heavy atom. The molecule has 3 heterocycles. The van der Waals surface area contributed by atoms with Gasteiger partial charge in [0.15, 0.2) is 0 Å². The van der Waals surface area contributed by atoms with Crippen molar-refractivity contribution in [1.82, 2.24) is 15.2 Å². The van der Waals surface area contributed by atoms with E-state index in [4.69, 9.17) is 0 Å². The molecule has 1 amide bonds. The van der Waals surface area contributed by atoms with Crippen LogP contribution in [-0.4, -0.2) is 46.7 Å². The Balaban J connectivity index is 1.52. The Hall–Kier alpha value is -1.07. The smallest absolute Gasteiger partial charge is 0.232 e. The van der Waals surface area contributed by atoms with Crippen LogP contribution >= 0.6 is 11.8 Å². The normalized spacial score (nSPS) is 26.2. The second kappa shape index (κ2) is 5.92. The molecular weight excluding hydrogens is 258 g/mol. The van der Waals surface area contributed by atoms with Crippen LogP contribution in [0.2, 0.25) is 0 Å². The summed E-state index contributed by atoms with van der Waals surface area (Å²) in [7, 11) is 0. The molecule has 1 aromatic rings. The molecule has 0 aliphatic carbocycles. The van der Waals surface area contributed by atoms with Crippen molar-refractivity contribution in [3.05, 3.63) is 24.5 Å². The lowest BCUT2D eigenvalue weighted by atomic mass is 10.1. The van der Waals surface area contributed by atoms with Gasteiger partial charge in [-0.1, -0.05) is 0 Å². The lowest BCUT2D eigenvalue weighted by Gasteiger charge is -2.24. The lowest BCUT2D eigenvalue weighted by molar-refractivity contribution is -0.128. The maximum absolute atomic E-state index is 12.3. The van der Waals surface area contributed by atoms with Gasteiger partial charge in [0, 0.05) is 42.5 Å². The first-order chi connectivity index (χ1) is 9.31. The highest BCUT2D eigenvalue weighted by Gasteiger charge is 2.30. The number of hydrogen-bond acceptors (Lipinski definition) is 4. The molecule has 3 rings (SSSR count). The van der Waals surface area contributed by atoms with E-state index in [-0.39, 0.29) is 5.91 Å². The minimum absolute atomic E-state index is 0.260. The fraction of sp³-hybridized carbons (Fsp3) is 0.571. The summed E-state index contributed by atoms with van der Waals surface area (Å²) in [5.74, 6) is 0.790. The number of pyridine rings is 1. The van der Waals surface area contributed by atoms with Crippen molar-refractivity contribution in [3.8, 4) is 0 Å². The zero-order valence-corrected chi connectivity index (χ0v) is 11.7. The summed E-state index contributed by atoms with van der Waals surface area (Å²) in [6.45, 7) is 1.79. The Morgan fingerprint density at radius 1 is 1.32 bits per heavy atom. The van der Waals surface area contributed by atoms with Crippen LogP contribution in [0.3, 0.4) is 0 Å². The van der Waals surface area contributed by atoms with E-state index in [1.54, 1.807) is 24.2 Å². The molecular formula is C14H19N3OS. The van der Waals surface area contributed by atoms with Gasteiger partial charge in [0.05, 0.1) is 5.75 Å². The van der Waals surface area contributed by atoms with E-state index in [1.807, 2.05) is 17.0 Å². The van der Waals surface area contributed by atoms with Crippen molar-refractivity contribution >= 4 is 17.7 Å².